The third-order valence-corrected chi connectivity index (χ3v) is 3.48. The standard InChI is InChI=1S/C17H13F3N2O2/c1-2-24-16(23)11-5-8-13-14(9-11)22-15(21-13)10-3-6-12(7-4-10)17(18,19)20/h3-9H,2H2,1H3,(H,21,22). The summed E-state index contributed by atoms with van der Waals surface area (Å²) in [6.07, 6.45) is -4.37. The average molecular weight is 334 g/mol. The van der Waals surface area contributed by atoms with E-state index in [0.717, 1.165) is 12.1 Å². The summed E-state index contributed by atoms with van der Waals surface area (Å²) in [4.78, 5) is 19.1. The topological polar surface area (TPSA) is 55.0 Å². The molecular weight excluding hydrogens is 321 g/mol. The van der Waals surface area contributed by atoms with Gasteiger partial charge in [-0.15, -0.1) is 0 Å². The normalized spacial score (nSPS) is 11.7. The average Bonchev–Trinajstić information content (AvgIpc) is 2.97. The number of nitrogens with zero attached hydrogens (tertiary/aromatic N) is 1. The number of carbonyl (C=O) groups is 1. The van der Waals surface area contributed by atoms with Gasteiger partial charge >= 0.3 is 12.1 Å². The number of H-pyrrole nitrogens is 1. The third kappa shape index (κ3) is 3.10. The Hall–Kier alpha value is -2.83. The van der Waals surface area contributed by atoms with E-state index < -0.39 is 17.7 Å². The zero-order chi connectivity index (χ0) is 17.3. The molecule has 0 saturated carbocycles. The summed E-state index contributed by atoms with van der Waals surface area (Å²) in [5, 5.41) is 0. The van der Waals surface area contributed by atoms with Crippen LogP contribution >= 0.6 is 0 Å². The quantitative estimate of drug-likeness (QED) is 0.721. The van der Waals surface area contributed by atoms with Crippen LogP contribution in [0, 0.1) is 0 Å². The Morgan fingerprint density at radius 2 is 1.88 bits per heavy atom. The van der Waals surface area contributed by atoms with Crippen molar-refractivity contribution in [2.24, 2.45) is 0 Å². The van der Waals surface area contributed by atoms with Crippen LogP contribution in [0.5, 0.6) is 0 Å². The first-order valence-corrected chi connectivity index (χ1v) is 7.23. The molecule has 3 rings (SSSR count). The van der Waals surface area contributed by atoms with Crippen LogP contribution in [0.4, 0.5) is 13.2 Å². The maximum absolute atomic E-state index is 12.6. The van der Waals surface area contributed by atoms with E-state index in [4.69, 9.17) is 4.74 Å². The van der Waals surface area contributed by atoms with Crippen LogP contribution in [-0.4, -0.2) is 22.5 Å². The molecule has 0 unspecified atom stereocenters. The molecule has 0 bridgehead atoms. The molecule has 1 aromatic heterocycles. The number of hydrogen-bond acceptors (Lipinski definition) is 3. The van der Waals surface area contributed by atoms with E-state index in [1.807, 2.05) is 0 Å². The maximum atomic E-state index is 12.6. The summed E-state index contributed by atoms with van der Waals surface area (Å²) in [5.41, 5.74) is 1.41. The lowest BCUT2D eigenvalue weighted by atomic mass is 10.1. The van der Waals surface area contributed by atoms with Gasteiger partial charge in [0.1, 0.15) is 5.82 Å². The lowest BCUT2D eigenvalue weighted by Crippen LogP contribution is -2.04. The fraction of sp³-hybridized carbons (Fsp3) is 0.176. The second-order valence-corrected chi connectivity index (χ2v) is 5.11. The van der Waals surface area contributed by atoms with Gasteiger partial charge in [-0.2, -0.15) is 13.2 Å². The first-order valence-electron chi connectivity index (χ1n) is 7.23. The van der Waals surface area contributed by atoms with Crippen molar-refractivity contribution < 1.29 is 22.7 Å². The van der Waals surface area contributed by atoms with Crippen molar-refractivity contribution in [2.45, 2.75) is 13.1 Å². The number of imidazole rings is 1. The van der Waals surface area contributed by atoms with E-state index in [2.05, 4.69) is 9.97 Å². The predicted octanol–water partition coefficient (Wildman–Crippen LogP) is 4.43. The van der Waals surface area contributed by atoms with Crippen molar-refractivity contribution in [1.82, 2.24) is 9.97 Å². The van der Waals surface area contributed by atoms with Gasteiger partial charge in [0.15, 0.2) is 0 Å². The Balaban J connectivity index is 1.94. The van der Waals surface area contributed by atoms with E-state index in [1.54, 1.807) is 25.1 Å². The molecular formula is C17H13F3N2O2. The SMILES string of the molecule is CCOC(=O)c1ccc2nc(-c3ccc(C(F)(F)F)cc3)[nH]c2c1. The zero-order valence-electron chi connectivity index (χ0n) is 12.6. The minimum Gasteiger partial charge on any atom is -0.462 e. The molecule has 124 valence electrons. The van der Waals surface area contributed by atoms with Gasteiger partial charge in [-0.05, 0) is 37.3 Å². The van der Waals surface area contributed by atoms with Crippen molar-refractivity contribution in [3.63, 3.8) is 0 Å². The van der Waals surface area contributed by atoms with Gasteiger partial charge in [0.2, 0.25) is 0 Å². The van der Waals surface area contributed by atoms with Gasteiger partial charge < -0.3 is 9.72 Å². The first-order chi connectivity index (χ1) is 11.4. The van der Waals surface area contributed by atoms with E-state index >= 15 is 0 Å². The number of esters is 1. The Kier molecular flexibility index (Phi) is 4.01. The predicted molar refractivity (Wildman–Crippen MR) is 82.5 cm³/mol. The summed E-state index contributed by atoms with van der Waals surface area (Å²) in [6.45, 7) is 1.99. The lowest BCUT2D eigenvalue weighted by molar-refractivity contribution is -0.137. The molecule has 0 radical (unpaired) electrons. The van der Waals surface area contributed by atoms with Crippen molar-refractivity contribution in [1.29, 1.82) is 0 Å². The molecule has 4 nitrogen and oxygen atoms in total. The van der Waals surface area contributed by atoms with E-state index in [9.17, 15) is 18.0 Å². The smallest absolute Gasteiger partial charge is 0.416 e. The molecule has 24 heavy (non-hydrogen) atoms. The third-order valence-electron chi connectivity index (χ3n) is 3.48. The van der Waals surface area contributed by atoms with Crippen molar-refractivity contribution >= 4 is 17.0 Å². The molecule has 2 aromatic carbocycles. The number of rotatable bonds is 3. The van der Waals surface area contributed by atoms with Crippen molar-refractivity contribution in [3.05, 3.63) is 53.6 Å². The van der Waals surface area contributed by atoms with Crippen molar-refractivity contribution in [2.75, 3.05) is 6.61 Å². The molecule has 3 aromatic rings. The van der Waals surface area contributed by atoms with Gasteiger partial charge in [-0.3, -0.25) is 0 Å². The molecule has 1 N–H and O–H groups in total. The van der Waals surface area contributed by atoms with Crippen LogP contribution in [0.3, 0.4) is 0 Å². The van der Waals surface area contributed by atoms with Crippen LogP contribution in [0.1, 0.15) is 22.8 Å². The molecule has 0 spiro atoms. The minimum absolute atomic E-state index is 0.274. The van der Waals surface area contributed by atoms with E-state index in [1.165, 1.54) is 12.1 Å². The summed E-state index contributed by atoms with van der Waals surface area (Å²) in [7, 11) is 0. The molecule has 0 aliphatic heterocycles. The summed E-state index contributed by atoms with van der Waals surface area (Å²) in [6, 6.07) is 9.58. The Morgan fingerprint density at radius 1 is 1.17 bits per heavy atom. The molecule has 1 heterocycles. The van der Waals surface area contributed by atoms with Crippen LogP contribution < -0.4 is 0 Å². The molecule has 0 aliphatic rings. The van der Waals surface area contributed by atoms with Gasteiger partial charge in [0, 0.05) is 5.56 Å². The number of halogens is 3. The van der Waals surface area contributed by atoms with Crippen molar-refractivity contribution in [3.8, 4) is 11.4 Å². The van der Waals surface area contributed by atoms with Crippen LogP contribution in [0.2, 0.25) is 0 Å². The highest BCUT2D eigenvalue weighted by Gasteiger charge is 2.30. The number of hydrogen-bond donors (Lipinski definition) is 1. The zero-order valence-corrected chi connectivity index (χ0v) is 12.6. The van der Waals surface area contributed by atoms with Crippen LogP contribution in [-0.2, 0) is 10.9 Å². The minimum atomic E-state index is -4.37. The lowest BCUT2D eigenvalue weighted by Gasteiger charge is -2.06. The molecule has 0 saturated heterocycles. The number of aromatic amines is 1. The Labute approximate surface area is 135 Å². The number of fused-ring (bicyclic) bond motifs is 1. The van der Waals surface area contributed by atoms with Gasteiger partial charge in [-0.25, -0.2) is 9.78 Å². The van der Waals surface area contributed by atoms with E-state index in [0.29, 0.717) is 28.0 Å². The number of nitrogens with one attached hydrogen (secondary N) is 1. The van der Waals surface area contributed by atoms with Crippen LogP contribution in [0.25, 0.3) is 22.4 Å². The van der Waals surface area contributed by atoms with Gasteiger partial charge in [0.25, 0.3) is 0 Å². The molecule has 0 fully saturated rings. The highest BCUT2D eigenvalue weighted by molar-refractivity contribution is 5.94. The number of ether oxygens (including phenoxy) is 1. The summed E-state index contributed by atoms with van der Waals surface area (Å²) in [5.74, 6) is -0.00943. The fourth-order valence-electron chi connectivity index (χ4n) is 2.30. The van der Waals surface area contributed by atoms with Crippen LogP contribution in [0.15, 0.2) is 42.5 Å². The van der Waals surface area contributed by atoms with E-state index in [-0.39, 0.29) is 6.61 Å². The Morgan fingerprint density at radius 3 is 2.50 bits per heavy atom. The molecule has 7 heteroatoms. The highest BCUT2D eigenvalue weighted by atomic mass is 19.4. The maximum Gasteiger partial charge on any atom is 0.416 e. The number of aromatic nitrogens is 2. The highest BCUT2D eigenvalue weighted by Crippen LogP contribution is 2.30. The first kappa shape index (κ1) is 16.0. The number of alkyl halides is 3. The number of benzene rings is 2. The van der Waals surface area contributed by atoms with Gasteiger partial charge in [-0.1, -0.05) is 12.1 Å². The Bertz CT molecular complexity index is 883. The summed E-state index contributed by atoms with van der Waals surface area (Å²) >= 11 is 0. The number of carbonyl (C=O) groups excluding carboxylic acids is 1. The van der Waals surface area contributed by atoms with Gasteiger partial charge in [0.05, 0.1) is 28.8 Å². The molecule has 0 atom stereocenters. The summed E-state index contributed by atoms with van der Waals surface area (Å²) < 4.78 is 42.7. The second-order valence-electron chi connectivity index (χ2n) is 5.11. The fourth-order valence-corrected chi connectivity index (χ4v) is 2.30. The second kappa shape index (κ2) is 5.99. The molecule has 0 amide bonds. The monoisotopic (exact) mass is 334 g/mol. The largest absolute Gasteiger partial charge is 0.462 e. The molecule has 0 aliphatic carbocycles.